The molecule has 4 aliphatic carbocycles. The lowest BCUT2D eigenvalue weighted by Crippen LogP contribution is -2.61. The van der Waals surface area contributed by atoms with Gasteiger partial charge in [0.25, 0.3) is 0 Å². The summed E-state index contributed by atoms with van der Waals surface area (Å²) >= 11 is 0. The van der Waals surface area contributed by atoms with E-state index in [1.165, 1.54) is 5.57 Å². The Balaban J connectivity index is 1.58. The summed E-state index contributed by atoms with van der Waals surface area (Å²) in [5, 5.41) is 52.5. The largest absolute Gasteiger partial charge is 0.481 e. The van der Waals surface area contributed by atoms with Crippen LogP contribution in [0.1, 0.15) is 106 Å². The topological polar surface area (TPSA) is 154 Å². The van der Waals surface area contributed by atoms with E-state index in [0.29, 0.717) is 31.6 Å². The Labute approximate surface area is 274 Å². The number of allylic oxidation sites excluding steroid dienone is 2. The highest BCUT2D eigenvalue weighted by molar-refractivity contribution is 5.86. The van der Waals surface area contributed by atoms with Gasteiger partial charge in [-0.05, 0) is 90.9 Å². The smallest absolute Gasteiger partial charge is 0.306 e. The number of Topliss-reactive ketones (excluding diaryl/α,β-unsaturated/α-hetero) is 1. The van der Waals surface area contributed by atoms with Crippen molar-refractivity contribution in [3.05, 3.63) is 23.3 Å². The average Bonchev–Trinajstić information content (AvgIpc) is 3.26. The summed E-state index contributed by atoms with van der Waals surface area (Å²) in [5.41, 5.74) is 1.90. The van der Waals surface area contributed by atoms with Crippen LogP contribution in [0.4, 0.5) is 0 Å². The SMILES string of the molecule is C=C(CC[C@@H](C(=O)O)[C@H]1CC[C@@]2(C)C3=C(CC[C@]12C)[C@@]1(C)CCC(=O)C(C)(C)C1C[C@H]3OC1OC(CO)C(O)C(O)C1O)C(C)C. The van der Waals surface area contributed by atoms with Crippen LogP contribution in [0, 0.1) is 45.3 Å². The first-order chi connectivity index (χ1) is 21.3. The summed E-state index contributed by atoms with van der Waals surface area (Å²) in [6, 6.07) is 0. The highest BCUT2D eigenvalue weighted by Crippen LogP contribution is 2.72. The van der Waals surface area contributed by atoms with Crippen LogP contribution in [-0.4, -0.2) is 80.7 Å². The molecule has 0 amide bonds. The number of fused-ring (bicyclic) bond motifs is 4. The van der Waals surface area contributed by atoms with Gasteiger partial charge in [0, 0.05) is 11.8 Å². The Hall–Kier alpha value is -1.62. The van der Waals surface area contributed by atoms with Gasteiger partial charge in [0.2, 0.25) is 0 Å². The van der Waals surface area contributed by atoms with Gasteiger partial charge in [-0.25, -0.2) is 0 Å². The van der Waals surface area contributed by atoms with Crippen molar-refractivity contribution in [2.45, 2.75) is 143 Å². The first-order valence-electron chi connectivity index (χ1n) is 17.5. The minimum atomic E-state index is -1.56. The molecular weight excluding hydrogens is 588 g/mol. The number of carboxylic acids is 1. The summed E-state index contributed by atoms with van der Waals surface area (Å²) in [4.78, 5) is 26.2. The molecule has 6 unspecified atom stereocenters. The van der Waals surface area contributed by atoms with E-state index in [-0.39, 0.29) is 28.4 Å². The van der Waals surface area contributed by atoms with Crippen LogP contribution < -0.4 is 0 Å². The molecule has 0 radical (unpaired) electrons. The molecule has 5 N–H and O–H groups in total. The fraction of sp³-hybridized carbons (Fsp3) is 0.838. The number of carbonyl (C=O) groups excluding carboxylic acids is 1. The minimum Gasteiger partial charge on any atom is -0.481 e. The molecule has 12 atom stereocenters. The maximum atomic E-state index is 13.3. The Morgan fingerprint density at radius 2 is 1.70 bits per heavy atom. The van der Waals surface area contributed by atoms with Crippen LogP contribution in [0.15, 0.2) is 23.3 Å². The number of aliphatic carboxylic acids is 1. The zero-order valence-electron chi connectivity index (χ0n) is 28.9. The molecule has 0 aromatic rings. The summed E-state index contributed by atoms with van der Waals surface area (Å²) in [6.45, 7) is 18.7. The number of ether oxygens (including phenoxy) is 2. The Morgan fingerprint density at radius 1 is 1.02 bits per heavy atom. The van der Waals surface area contributed by atoms with E-state index >= 15 is 0 Å². The predicted molar refractivity (Wildman–Crippen MR) is 172 cm³/mol. The van der Waals surface area contributed by atoms with E-state index in [9.17, 15) is 35.1 Å². The second-order valence-corrected chi connectivity index (χ2v) is 16.8. The number of ketones is 1. The zero-order valence-corrected chi connectivity index (χ0v) is 28.9. The van der Waals surface area contributed by atoms with E-state index in [0.717, 1.165) is 43.3 Å². The van der Waals surface area contributed by atoms with Crippen molar-refractivity contribution in [2.24, 2.45) is 45.3 Å². The summed E-state index contributed by atoms with van der Waals surface area (Å²) in [5.74, 6) is -0.827. The van der Waals surface area contributed by atoms with Crippen LogP contribution >= 0.6 is 0 Å². The van der Waals surface area contributed by atoms with Crippen LogP contribution in [0.3, 0.4) is 0 Å². The predicted octanol–water partition coefficient (Wildman–Crippen LogP) is 4.79. The third-order valence-electron chi connectivity index (χ3n) is 14.1. The molecule has 0 spiro atoms. The van der Waals surface area contributed by atoms with E-state index < -0.39 is 66.1 Å². The van der Waals surface area contributed by atoms with Gasteiger partial charge in [0.1, 0.15) is 30.2 Å². The molecule has 1 heterocycles. The summed E-state index contributed by atoms with van der Waals surface area (Å²) < 4.78 is 12.6. The van der Waals surface area contributed by atoms with Gasteiger partial charge >= 0.3 is 5.97 Å². The van der Waals surface area contributed by atoms with Gasteiger partial charge in [0.15, 0.2) is 6.29 Å². The van der Waals surface area contributed by atoms with E-state index in [1.54, 1.807) is 0 Å². The highest BCUT2D eigenvalue weighted by atomic mass is 16.7. The van der Waals surface area contributed by atoms with E-state index in [4.69, 9.17) is 9.47 Å². The van der Waals surface area contributed by atoms with Crippen LogP contribution in [0.25, 0.3) is 0 Å². The van der Waals surface area contributed by atoms with Crippen molar-refractivity contribution in [1.29, 1.82) is 0 Å². The van der Waals surface area contributed by atoms with Crippen molar-refractivity contribution < 1.29 is 44.6 Å². The third kappa shape index (κ3) is 5.36. The number of rotatable bonds is 9. The Kier molecular flexibility index (Phi) is 9.59. The maximum absolute atomic E-state index is 13.3. The molecule has 46 heavy (non-hydrogen) atoms. The number of hydrogen-bond acceptors (Lipinski definition) is 8. The van der Waals surface area contributed by atoms with E-state index in [2.05, 4.69) is 41.2 Å². The third-order valence-corrected chi connectivity index (χ3v) is 14.1. The zero-order chi connectivity index (χ0) is 34.1. The second kappa shape index (κ2) is 12.4. The highest BCUT2D eigenvalue weighted by Gasteiger charge is 2.66. The van der Waals surface area contributed by atoms with Gasteiger partial charge in [0.05, 0.1) is 18.6 Å². The molecule has 3 fully saturated rings. The summed E-state index contributed by atoms with van der Waals surface area (Å²) in [7, 11) is 0. The first kappa shape index (κ1) is 35.7. The van der Waals surface area contributed by atoms with Crippen LogP contribution in [0.2, 0.25) is 0 Å². The van der Waals surface area contributed by atoms with Crippen molar-refractivity contribution in [1.82, 2.24) is 0 Å². The lowest BCUT2D eigenvalue weighted by atomic mass is 9.43. The first-order valence-corrected chi connectivity index (χ1v) is 17.5. The normalized spacial score (nSPS) is 44.4. The quantitative estimate of drug-likeness (QED) is 0.223. The molecule has 1 saturated heterocycles. The molecule has 0 aromatic heterocycles. The fourth-order valence-corrected chi connectivity index (χ4v) is 10.7. The van der Waals surface area contributed by atoms with Crippen molar-refractivity contribution in [3.63, 3.8) is 0 Å². The lowest BCUT2D eigenvalue weighted by Gasteiger charge is -2.62. The Bertz CT molecular complexity index is 1250. The van der Waals surface area contributed by atoms with Crippen LogP contribution in [0.5, 0.6) is 0 Å². The molecule has 5 aliphatic rings. The number of hydrogen-bond donors (Lipinski definition) is 5. The summed E-state index contributed by atoms with van der Waals surface area (Å²) in [6.07, 6.45) is -1.40. The maximum Gasteiger partial charge on any atom is 0.306 e. The average molecular weight is 647 g/mol. The molecular formula is C37H58O9. The molecule has 2 saturated carbocycles. The van der Waals surface area contributed by atoms with Crippen molar-refractivity contribution in [2.75, 3.05) is 6.61 Å². The standard InChI is InChI=1S/C37H58O9/c1-19(2)20(3)9-10-21(32(43)44)22-11-16-37(8)28-23(12-15-36(22,37)7)35(6)14-13-27(39)34(4,5)26(35)17-24(28)45-33-31(42)30(41)29(40)25(18-38)46-33/h19,21-22,24-26,29-31,33,38,40-42H,3,9-18H2,1-2,4-8H3,(H,43,44)/t21-,22-,24-,25?,26?,29?,30?,31?,33?,35-,36-,37+/m1/s1. The van der Waals surface area contributed by atoms with Gasteiger partial charge in [-0.1, -0.05) is 66.2 Å². The molecule has 1 aliphatic heterocycles. The molecule has 0 bridgehead atoms. The van der Waals surface area contributed by atoms with Crippen molar-refractivity contribution in [3.8, 4) is 0 Å². The minimum absolute atomic E-state index is 0.0335. The molecule has 9 heteroatoms. The molecule has 260 valence electrons. The molecule has 9 nitrogen and oxygen atoms in total. The number of carbonyl (C=O) groups is 2. The lowest BCUT2D eigenvalue weighted by molar-refractivity contribution is -0.312. The fourth-order valence-electron chi connectivity index (χ4n) is 10.7. The second-order valence-electron chi connectivity index (χ2n) is 16.8. The monoisotopic (exact) mass is 646 g/mol. The number of aliphatic hydroxyl groups excluding tert-OH is 4. The number of aliphatic hydroxyl groups is 4. The van der Waals surface area contributed by atoms with Gasteiger partial charge < -0.3 is 35.0 Å². The van der Waals surface area contributed by atoms with Gasteiger partial charge in [-0.2, -0.15) is 0 Å². The Morgan fingerprint density at radius 3 is 2.30 bits per heavy atom. The number of carboxylic acid groups (broad SMARTS) is 1. The van der Waals surface area contributed by atoms with Crippen molar-refractivity contribution >= 4 is 11.8 Å². The van der Waals surface area contributed by atoms with Crippen LogP contribution in [-0.2, 0) is 19.1 Å². The van der Waals surface area contributed by atoms with Gasteiger partial charge in [-0.15, -0.1) is 0 Å². The molecule has 0 aromatic carbocycles. The van der Waals surface area contributed by atoms with E-state index in [1.807, 2.05) is 13.8 Å². The molecule has 5 rings (SSSR count). The van der Waals surface area contributed by atoms with Gasteiger partial charge in [-0.3, -0.25) is 9.59 Å².